The lowest BCUT2D eigenvalue weighted by Crippen LogP contribution is -2.07. The standard InChI is InChI=1S/C9H11BrClNO/c1-5(12)7-3-6(11)4-8(10)9(7)13-2/h3-5H,12H2,1-2H3. The van der Waals surface area contributed by atoms with Gasteiger partial charge in [-0.15, -0.1) is 0 Å². The van der Waals surface area contributed by atoms with Gasteiger partial charge in [0.25, 0.3) is 0 Å². The zero-order chi connectivity index (χ0) is 10.0. The van der Waals surface area contributed by atoms with Crippen molar-refractivity contribution in [2.75, 3.05) is 7.11 Å². The Balaban J connectivity index is 3.29. The third-order valence-electron chi connectivity index (χ3n) is 1.73. The molecule has 1 atom stereocenters. The Kier molecular flexibility index (Phi) is 3.59. The summed E-state index contributed by atoms with van der Waals surface area (Å²) in [5.41, 5.74) is 6.67. The first-order chi connectivity index (χ1) is 6.06. The minimum absolute atomic E-state index is 0.0926. The fraction of sp³-hybridized carbons (Fsp3) is 0.333. The minimum Gasteiger partial charge on any atom is -0.495 e. The summed E-state index contributed by atoms with van der Waals surface area (Å²) in [4.78, 5) is 0. The fourth-order valence-corrected chi connectivity index (χ4v) is 2.13. The van der Waals surface area contributed by atoms with Gasteiger partial charge in [-0.1, -0.05) is 11.6 Å². The molecule has 0 bridgehead atoms. The Labute approximate surface area is 91.2 Å². The van der Waals surface area contributed by atoms with Gasteiger partial charge in [0, 0.05) is 16.6 Å². The van der Waals surface area contributed by atoms with E-state index in [1.807, 2.05) is 13.0 Å². The molecule has 0 saturated carbocycles. The van der Waals surface area contributed by atoms with E-state index in [0.717, 1.165) is 15.8 Å². The van der Waals surface area contributed by atoms with Crippen LogP contribution in [0.25, 0.3) is 0 Å². The van der Waals surface area contributed by atoms with Gasteiger partial charge < -0.3 is 10.5 Å². The molecule has 0 saturated heterocycles. The average molecular weight is 265 g/mol. The summed E-state index contributed by atoms with van der Waals surface area (Å²) in [5.74, 6) is 0.749. The van der Waals surface area contributed by atoms with Crippen LogP contribution in [0.4, 0.5) is 0 Å². The predicted molar refractivity (Wildman–Crippen MR) is 58.3 cm³/mol. The molecule has 13 heavy (non-hydrogen) atoms. The SMILES string of the molecule is COc1c(Br)cc(Cl)cc1C(C)N. The first-order valence-electron chi connectivity index (χ1n) is 3.84. The van der Waals surface area contributed by atoms with Crippen LogP contribution in [0.1, 0.15) is 18.5 Å². The van der Waals surface area contributed by atoms with E-state index in [-0.39, 0.29) is 6.04 Å². The summed E-state index contributed by atoms with van der Waals surface area (Å²) in [6, 6.07) is 3.51. The first kappa shape index (κ1) is 10.8. The highest BCUT2D eigenvalue weighted by atomic mass is 79.9. The Morgan fingerprint density at radius 1 is 1.54 bits per heavy atom. The van der Waals surface area contributed by atoms with E-state index in [2.05, 4.69) is 15.9 Å². The summed E-state index contributed by atoms with van der Waals surface area (Å²) in [7, 11) is 1.61. The highest BCUT2D eigenvalue weighted by Crippen LogP contribution is 2.34. The van der Waals surface area contributed by atoms with Gasteiger partial charge in [0.15, 0.2) is 0 Å². The minimum atomic E-state index is -0.0926. The van der Waals surface area contributed by atoms with Crippen molar-refractivity contribution in [3.8, 4) is 5.75 Å². The molecule has 0 spiro atoms. The molecule has 1 aromatic rings. The number of hydrogen-bond acceptors (Lipinski definition) is 2. The van der Waals surface area contributed by atoms with Crippen molar-refractivity contribution in [1.29, 1.82) is 0 Å². The second-order valence-corrected chi connectivity index (χ2v) is 4.09. The first-order valence-corrected chi connectivity index (χ1v) is 5.02. The molecule has 2 N–H and O–H groups in total. The molecule has 1 rings (SSSR count). The van der Waals surface area contributed by atoms with E-state index in [0.29, 0.717) is 5.02 Å². The van der Waals surface area contributed by atoms with Crippen LogP contribution in [0.2, 0.25) is 5.02 Å². The van der Waals surface area contributed by atoms with Crippen molar-refractivity contribution in [2.24, 2.45) is 5.73 Å². The zero-order valence-electron chi connectivity index (χ0n) is 7.47. The van der Waals surface area contributed by atoms with Crippen LogP contribution in [0.3, 0.4) is 0 Å². The van der Waals surface area contributed by atoms with E-state index < -0.39 is 0 Å². The van der Waals surface area contributed by atoms with Crippen molar-refractivity contribution in [3.05, 3.63) is 27.2 Å². The van der Waals surface area contributed by atoms with Crippen molar-refractivity contribution >= 4 is 27.5 Å². The van der Waals surface area contributed by atoms with E-state index in [1.54, 1.807) is 13.2 Å². The third-order valence-corrected chi connectivity index (χ3v) is 2.54. The van der Waals surface area contributed by atoms with Gasteiger partial charge in [-0.05, 0) is 35.0 Å². The Bertz CT molecular complexity index is 315. The summed E-state index contributed by atoms with van der Waals surface area (Å²) >= 11 is 9.24. The van der Waals surface area contributed by atoms with Crippen molar-refractivity contribution < 1.29 is 4.74 Å². The van der Waals surface area contributed by atoms with Gasteiger partial charge >= 0.3 is 0 Å². The van der Waals surface area contributed by atoms with Crippen LogP contribution in [0.5, 0.6) is 5.75 Å². The van der Waals surface area contributed by atoms with Gasteiger partial charge in [-0.3, -0.25) is 0 Å². The fourth-order valence-electron chi connectivity index (χ4n) is 1.13. The molecular formula is C9H11BrClNO. The number of benzene rings is 1. The van der Waals surface area contributed by atoms with Crippen LogP contribution < -0.4 is 10.5 Å². The average Bonchev–Trinajstić information content (AvgIpc) is 2.02. The molecule has 0 aliphatic heterocycles. The summed E-state index contributed by atoms with van der Waals surface area (Å²) in [6.07, 6.45) is 0. The van der Waals surface area contributed by atoms with Crippen molar-refractivity contribution in [3.63, 3.8) is 0 Å². The Morgan fingerprint density at radius 2 is 2.15 bits per heavy atom. The maximum atomic E-state index is 5.88. The number of methoxy groups -OCH3 is 1. The molecule has 4 heteroatoms. The highest BCUT2D eigenvalue weighted by Gasteiger charge is 2.12. The van der Waals surface area contributed by atoms with Crippen LogP contribution in [-0.2, 0) is 0 Å². The van der Waals surface area contributed by atoms with E-state index in [4.69, 9.17) is 22.1 Å². The number of halogens is 2. The van der Waals surface area contributed by atoms with Crippen molar-refractivity contribution in [2.45, 2.75) is 13.0 Å². The van der Waals surface area contributed by atoms with E-state index in [1.165, 1.54) is 0 Å². The quantitative estimate of drug-likeness (QED) is 0.891. The van der Waals surface area contributed by atoms with Crippen LogP contribution in [0.15, 0.2) is 16.6 Å². The Hall–Kier alpha value is -0.250. The topological polar surface area (TPSA) is 35.2 Å². The van der Waals surface area contributed by atoms with E-state index in [9.17, 15) is 0 Å². The number of rotatable bonds is 2. The van der Waals surface area contributed by atoms with Crippen LogP contribution in [-0.4, -0.2) is 7.11 Å². The molecule has 0 aliphatic rings. The highest BCUT2D eigenvalue weighted by molar-refractivity contribution is 9.10. The molecule has 0 fully saturated rings. The lowest BCUT2D eigenvalue weighted by Gasteiger charge is -2.13. The molecule has 0 heterocycles. The van der Waals surface area contributed by atoms with Crippen molar-refractivity contribution in [1.82, 2.24) is 0 Å². The smallest absolute Gasteiger partial charge is 0.137 e. The van der Waals surface area contributed by atoms with Crippen LogP contribution in [0, 0.1) is 0 Å². The molecule has 0 amide bonds. The van der Waals surface area contributed by atoms with E-state index >= 15 is 0 Å². The van der Waals surface area contributed by atoms with Crippen LogP contribution >= 0.6 is 27.5 Å². The lowest BCUT2D eigenvalue weighted by molar-refractivity contribution is 0.404. The summed E-state index contributed by atoms with van der Waals surface area (Å²) in [6.45, 7) is 1.89. The molecule has 0 aliphatic carbocycles. The van der Waals surface area contributed by atoms with Gasteiger partial charge in [0.1, 0.15) is 5.75 Å². The van der Waals surface area contributed by atoms with Gasteiger partial charge in [-0.2, -0.15) is 0 Å². The molecule has 1 aromatic carbocycles. The molecule has 0 radical (unpaired) electrons. The molecular weight excluding hydrogens is 253 g/mol. The van der Waals surface area contributed by atoms with Gasteiger partial charge in [0.05, 0.1) is 11.6 Å². The maximum absolute atomic E-state index is 5.88. The third kappa shape index (κ3) is 2.36. The predicted octanol–water partition coefficient (Wildman–Crippen LogP) is 3.13. The second kappa shape index (κ2) is 4.31. The second-order valence-electron chi connectivity index (χ2n) is 2.80. The zero-order valence-corrected chi connectivity index (χ0v) is 9.82. The summed E-state index contributed by atoms with van der Waals surface area (Å²) in [5, 5.41) is 0.653. The largest absolute Gasteiger partial charge is 0.495 e. The van der Waals surface area contributed by atoms with Gasteiger partial charge in [-0.25, -0.2) is 0 Å². The molecule has 2 nitrogen and oxygen atoms in total. The number of ether oxygens (including phenoxy) is 1. The normalized spacial score (nSPS) is 12.7. The molecule has 1 unspecified atom stereocenters. The molecule has 72 valence electrons. The number of hydrogen-bond donors (Lipinski definition) is 1. The number of nitrogens with two attached hydrogens (primary N) is 1. The maximum Gasteiger partial charge on any atom is 0.137 e. The summed E-state index contributed by atoms with van der Waals surface area (Å²) < 4.78 is 6.04. The Morgan fingerprint density at radius 3 is 2.62 bits per heavy atom. The molecule has 0 aromatic heterocycles. The lowest BCUT2D eigenvalue weighted by atomic mass is 10.1. The van der Waals surface area contributed by atoms with Gasteiger partial charge in [0.2, 0.25) is 0 Å². The monoisotopic (exact) mass is 263 g/mol.